The van der Waals surface area contributed by atoms with Crippen LogP contribution < -0.4 is 20.9 Å². The van der Waals surface area contributed by atoms with E-state index < -0.39 is 18.1 Å². The fraction of sp³-hybridized carbons (Fsp3) is 0.577. The SMILES string of the molecule is Cc1nnc2c(NCCCCNC(=O)C(NC(=O)C(C)O)C(C)C)nc3cc(N4CCOCC4)ccc3n12. The predicted octanol–water partition coefficient (Wildman–Crippen LogP) is 1.25. The predicted molar refractivity (Wildman–Crippen MR) is 145 cm³/mol. The highest BCUT2D eigenvalue weighted by Gasteiger charge is 2.25. The molecule has 2 atom stereocenters. The molecule has 3 aromatic rings. The number of carbonyl (C=O) groups is 2. The van der Waals surface area contributed by atoms with Gasteiger partial charge in [0.05, 0.1) is 24.2 Å². The number of aliphatic hydroxyl groups excluding tert-OH is 1. The fourth-order valence-electron chi connectivity index (χ4n) is 4.49. The van der Waals surface area contributed by atoms with Crippen LogP contribution >= 0.6 is 0 Å². The molecule has 1 aliphatic heterocycles. The Labute approximate surface area is 222 Å². The lowest BCUT2D eigenvalue weighted by Gasteiger charge is -2.29. The Hall–Kier alpha value is -3.51. The first-order valence-corrected chi connectivity index (χ1v) is 13.2. The van der Waals surface area contributed by atoms with Gasteiger partial charge in [-0.15, -0.1) is 10.2 Å². The number of hydrogen-bond donors (Lipinski definition) is 4. The van der Waals surface area contributed by atoms with Crippen LogP contribution in [-0.4, -0.2) is 88.0 Å². The van der Waals surface area contributed by atoms with Crippen LogP contribution in [0.4, 0.5) is 11.5 Å². The van der Waals surface area contributed by atoms with Gasteiger partial charge in [0.2, 0.25) is 17.5 Å². The van der Waals surface area contributed by atoms with Crippen LogP contribution in [0.3, 0.4) is 0 Å². The molecule has 1 aliphatic rings. The van der Waals surface area contributed by atoms with Gasteiger partial charge in [0.15, 0.2) is 5.82 Å². The Balaban J connectivity index is 1.36. The van der Waals surface area contributed by atoms with E-state index in [1.807, 2.05) is 25.2 Å². The summed E-state index contributed by atoms with van der Waals surface area (Å²) in [5, 5.41) is 26.9. The summed E-state index contributed by atoms with van der Waals surface area (Å²) in [6.07, 6.45) is 0.370. The van der Waals surface area contributed by atoms with Crippen molar-refractivity contribution >= 4 is 40.0 Å². The number of nitrogens with one attached hydrogen (secondary N) is 3. The number of aliphatic hydroxyl groups is 1. The third-order valence-corrected chi connectivity index (χ3v) is 6.67. The number of nitrogens with zero attached hydrogens (tertiary/aromatic N) is 5. The normalized spacial score (nSPS) is 15.6. The molecule has 206 valence electrons. The van der Waals surface area contributed by atoms with E-state index in [-0.39, 0.29) is 11.8 Å². The molecular weight excluding hydrogens is 488 g/mol. The number of fused-ring (bicyclic) bond motifs is 3. The summed E-state index contributed by atoms with van der Waals surface area (Å²) >= 11 is 0. The second-order valence-corrected chi connectivity index (χ2v) is 9.97. The largest absolute Gasteiger partial charge is 0.384 e. The number of aromatic nitrogens is 4. The minimum Gasteiger partial charge on any atom is -0.384 e. The van der Waals surface area contributed by atoms with Gasteiger partial charge in [-0.3, -0.25) is 14.0 Å². The first-order chi connectivity index (χ1) is 18.3. The van der Waals surface area contributed by atoms with E-state index in [2.05, 4.69) is 49.2 Å². The van der Waals surface area contributed by atoms with Gasteiger partial charge in [0, 0.05) is 31.9 Å². The van der Waals surface area contributed by atoms with Gasteiger partial charge < -0.3 is 30.7 Å². The summed E-state index contributed by atoms with van der Waals surface area (Å²) < 4.78 is 7.50. The maximum absolute atomic E-state index is 12.6. The molecule has 12 nitrogen and oxygen atoms in total. The zero-order chi connectivity index (χ0) is 27.2. The van der Waals surface area contributed by atoms with Gasteiger partial charge in [0.1, 0.15) is 18.0 Å². The van der Waals surface area contributed by atoms with Crippen molar-refractivity contribution in [3.8, 4) is 0 Å². The van der Waals surface area contributed by atoms with Crippen molar-refractivity contribution in [1.82, 2.24) is 30.2 Å². The number of benzene rings is 1. The highest BCUT2D eigenvalue weighted by Crippen LogP contribution is 2.26. The first kappa shape index (κ1) is 27.5. The van der Waals surface area contributed by atoms with Gasteiger partial charge in [-0.25, -0.2) is 4.98 Å². The molecule has 4 N–H and O–H groups in total. The summed E-state index contributed by atoms with van der Waals surface area (Å²) in [5.74, 6) is 0.547. The van der Waals surface area contributed by atoms with Crippen molar-refractivity contribution in [2.75, 3.05) is 49.6 Å². The number of aryl methyl sites for hydroxylation is 1. The van der Waals surface area contributed by atoms with Crippen molar-refractivity contribution < 1.29 is 19.4 Å². The average molecular weight is 527 g/mol. The molecule has 0 spiro atoms. The number of hydrogen-bond acceptors (Lipinski definition) is 9. The number of amides is 2. The first-order valence-electron chi connectivity index (χ1n) is 13.2. The third-order valence-electron chi connectivity index (χ3n) is 6.67. The van der Waals surface area contributed by atoms with Crippen molar-refractivity contribution in [2.45, 2.75) is 52.7 Å². The minimum atomic E-state index is -1.16. The summed E-state index contributed by atoms with van der Waals surface area (Å²) in [6.45, 7) is 11.3. The van der Waals surface area contributed by atoms with Crippen LogP contribution in [0.15, 0.2) is 18.2 Å². The fourth-order valence-corrected chi connectivity index (χ4v) is 4.49. The number of ether oxygens (including phenoxy) is 1. The van der Waals surface area contributed by atoms with Crippen LogP contribution in [-0.2, 0) is 14.3 Å². The van der Waals surface area contributed by atoms with Gasteiger partial charge in [-0.2, -0.15) is 0 Å². The molecule has 0 radical (unpaired) electrons. The molecule has 0 bridgehead atoms. The third kappa shape index (κ3) is 6.30. The standard InChI is InChI=1S/C26H38N8O4/c1-16(2)22(30-25(36)17(3)35)26(37)28-10-6-5-9-27-23-24-32-31-18(4)34(24)21-8-7-19(15-20(21)29-23)33-11-13-38-14-12-33/h7-8,15-17,22,35H,5-6,9-14H2,1-4H3,(H,27,29)(H,28,37)(H,30,36). The van der Waals surface area contributed by atoms with E-state index >= 15 is 0 Å². The smallest absolute Gasteiger partial charge is 0.249 e. The Kier molecular flexibility index (Phi) is 8.95. The van der Waals surface area contributed by atoms with Crippen LogP contribution in [0.1, 0.15) is 39.4 Å². The molecule has 1 aromatic carbocycles. The van der Waals surface area contributed by atoms with Crippen LogP contribution in [0.5, 0.6) is 0 Å². The molecule has 2 unspecified atom stereocenters. The summed E-state index contributed by atoms with van der Waals surface area (Å²) in [6, 6.07) is 5.58. The zero-order valence-electron chi connectivity index (χ0n) is 22.5. The van der Waals surface area contributed by atoms with Crippen LogP contribution in [0, 0.1) is 12.8 Å². The monoisotopic (exact) mass is 526 g/mol. The highest BCUT2D eigenvalue weighted by molar-refractivity contribution is 5.89. The van der Waals surface area contributed by atoms with Gasteiger partial charge in [0.25, 0.3) is 0 Å². The second-order valence-electron chi connectivity index (χ2n) is 9.97. The number of carbonyl (C=O) groups excluding carboxylic acids is 2. The Morgan fingerprint density at radius 3 is 2.53 bits per heavy atom. The Morgan fingerprint density at radius 1 is 1.08 bits per heavy atom. The van der Waals surface area contributed by atoms with E-state index in [4.69, 9.17) is 9.72 Å². The summed E-state index contributed by atoms with van der Waals surface area (Å²) in [4.78, 5) is 31.5. The lowest BCUT2D eigenvalue weighted by Crippen LogP contribution is -2.52. The molecule has 4 rings (SSSR count). The molecule has 1 saturated heterocycles. The zero-order valence-corrected chi connectivity index (χ0v) is 22.5. The molecule has 0 aliphatic carbocycles. The van der Waals surface area contributed by atoms with E-state index in [9.17, 15) is 14.7 Å². The average Bonchev–Trinajstić information content (AvgIpc) is 3.30. The molecule has 38 heavy (non-hydrogen) atoms. The van der Waals surface area contributed by atoms with Crippen LogP contribution in [0.2, 0.25) is 0 Å². The maximum Gasteiger partial charge on any atom is 0.249 e. The molecular formula is C26H38N8O4. The second kappa shape index (κ2) is 12.4. The quantitative estimate of drug-likeness (QED) is 0.271. The molecule has 2 amide bonds. The van der Waals surface area contributed by atoms with E-state index in [1.54, 1.807) is 0 Å². The molecule has 0 saturated carbocycles. The Bertz CT molecular complexity index is 1270. The lowest BCUT2D eigenvalue weighted by molar-refractivity contribution is -0.134. The maximum atomic E-state index is 12.6. The van der Waals surface area contributed by atoms with Crippen molar-refractivity contribution in [3.63, 3.8) is 0 Å². The topological polar surface area (TPSA) is 146 Å². The van der Waals surface area contributed by atoms with E-state index in [0.29, 0.717) is 24.6 Å². The Morgan fingerprint density at radius 2 is 1.82 bits per heavy atom. The molecule has 1 fully saturated rings. The van der Waals surface area contributed by atoms with Crippen molar-refractivity contribution in [3.05, 3.63) is 24.0 Å². The number of morpholine rings is 1. The number of rotatable bonds is 11. The van der Waals surface area contributed by atoms with Gasteiger partial charge in [-0.1, -0.05) is 13.8 Å². The van der Waals surface area contributed by atoms with E-state index in [1.165, 1.54) is 6.92 Å². The minimum absolute atomic E-state index is 0.101. The highest BCUT2D eigenvalue weighted by atomic mass is 16.5. The molecule has 3 heterocycles. The number of unbranched alkanes of at least 4 members (excludes halogenated alkanes) is 1. The molecule has 2 aromatic heterocycles. The van der Waals surface area contributed by atoms with Gasteiger partial charge >= 0.3 is 0 Å². The van der Waals surface area contributed by atoms with Gasteiger partial charge in [-0.05, 0) is 50.8 Å². The number of anilines is 2. The lowest BCUT2D eigenvalue weighted by atomic mass is 10.0. The van der Waals surface area contributed by atoms with Crippen LogP contribution in [0.25, 0.3) is 16.7 Å². The van der Waals surface area contributed by atoms with Crippen molar-refractivity contribution in [2.24, 2.45) is 5.92 Å². The molecule has 12 heteroatoms. The summed E-state index contributed by atoms with van der Waals surface area (Å²) in [5.41, 5.74) is 3.61. The summed E-state index contributed by atoms with van der Waals surface area (Å²) in [7, 11) is 0. The van der Waals surface area contributed by atoms with Crippen molar-refractivity contribution in [1.29, 1.82) is 0 Å². The van der Waals surface area contributed by atoms with E-state index in [0.717, 1.165) is 61.7 Å².